The van der Waals surface area contributed by atoms with E-state index in [2.05, 4.69) is 22.4 Å². The summed E-state index contributed by atoms with van der Waals surface area (Å²) >= 11 is 1.37. The number of aromatic nitrogens is 1. The summed E-state index contributed by atoms with van der Waals surface area (Å²) in [7, 11) is 1.66. The summed E-state index contributed by atoms with van der Waals surface area (Å²) < 4.78 is 5.56. The lowest BCUT2D eigenvalue weighted by molar-refractivity contribution is -0.119. The zero-order chi connectivity index (χ0) is 21.1. The molecule has 2 fully saturated rings. The van der Waals surface area contributed by atoms with E-state index in [1.165, 1.54) is 53.9 Å². The summed E-state index contributed by atoms with van der Waals surface area (Å²) in [6.07, 6.45) is 5.87. The molecule has 1 saturated heterocycles. The molecular formula is C22H27N3O4S. The van der Waals surface area contributed by atoms with E-state index in [-0.39, 0.29) is 18.4 Å². The Hall–Kier alpha value is -2.61. The maximum Gasteiger partial charge on any atom is 0.407 e. The van der Waals surface area contributed by atoms with Crippen LogP contribution in [0.1, 0.15) is 50.0 Å². The Kier molecular flexibility index (Phi) is 6.22. The standard InChI is InChI=1S/C22H27N3O4S/c1-29-19-8-7-15(14-5-3-2-4-6-14)11-17(19)18-13-30-21(23-18)24-20(26)16-9-10-25(12-16)22(27)28/h7-8,11,13-14,16H,2-6,9-10,12H2,1H3,(H,27,28)(H,23,24,26)/t16-/m1/s1. The second-order valence-electron chi connectivity index (χ2n) is 8.04. The number of carbonyl (C=O) groups is 2. The predicted molar refractivity (Wildman–Crippen MR) is 116 cm³/mol. The fraction of sp³-hybridized carbons (Fsp3) is 0.500. The zero-order valence-corrected chi connectivity index (χ0v) is 17.9. The van der Waals surface area contributed by atoms with E-state index < -0.39 is 6.09 Å². The number of amides is 2. The Bertz CT molecular complexity index is 923. The van der Waals surface area contributed by atoms with Gasteiger partial charge in [-0.15, -0.1) is 11.3 Å². The summed E-state index contributed by atoms with van der Waals surface area (Å²) in [4.78, 5) is 29.5. The Morgan fingerprint density at radius 1 is 1.23 bits per heavy atom. The molecule has 7 nitrogen and oxygen atoms in total. The number of thiazole rings is 1. The van der Waals surface area contributed by atoms with Crippen LogP contribution in [-0.4, -0.2) is 47.2 Å². The average molecular weight is 430 g/mol. The van der Waals surface area contributed by atoms with Crippen LogP contribution in [0.5, 0.6) is 5.75 Å². The van der Waals surface area contributed by atoms with Crippen molar-refractivity contribution in [2.45, 2.75) is 44.4 Å². The molecule has 1 aliphatic heterocycles. The van der Waals surface area contributed by atoms with Gasteiger partial charge in [0.15, 0.2) is 5.13 Å². The number of benzene rings is 1. The van der Waals surface area contributed by atoms with Gasteiger partial charge in [-0.25, -0.2) is 9.78 Å². The monoisotopic (exact) mass is 429 g/mol. The van der Waals surface area contributed by atoms with Gasteiger partial charge in [-0.3, -0.25) is 4.79 Å². The number of carbonyl (C=O) groups excluding carboxylic acids is 1. The second kappa shape index (κ2) is 9.04. The van der Waals surface area contributed by atoms with Crippen molar-refractivity contribution in [2.75, 3.05) is 25.5 Å². The number of hydrogen-bond donors (Lipinski definition) is 2. The Morgan fingerprint density at radius 2 is 2.03 bits per heavy atom. The first kappa shape index (κ1) is 20.7. The molecule has 8 heteroatoms. The van der Waals surface area contributed by atoms with Crippen LogP contribution in [0.25, 0.3) is 11.3 Å². The molecule has 0 unspecified atom stereocenters. The van der Waals surface area contributed by atoms with Gasteiger partial charge in [0.25, 0.3) is 0 Å². The predicted octanol–water partition coefficient (Wildman–Crippen LogP) is 4.80. The number of hydrogen-bond acceptors (Lipinski definition) is 5. The lowest BCUT2D eigenvalue weighted by Gasteiger charge is -2.22. The Morgan fingerprint density at radius 3 is 2.73 bits per heavy atom. The smallest absolute Gasteiger partial charge is 0.407 e. The van der Waals surface area contributed by atoms with Crippen LogP contribution in [0.4, 0.5) is 9.93 Å². The van der Waals surface area contributed by atoms with Gasteiger partial charge in [0.2, 0.25) is 5.91 Å². The molecule has 2 heterocycles. The van der Waals surface area contributed by atoms with Crippen molar-refractivity contribution < 1.29 is 19.4 Å². The Balaban J connectivity index is 1.49. The molecule has 0 bridgehead atoms. The first-order chi connectivity index (χ1) is 14.5. The molecule has 4 rings (SSSR count). The minimum Gasteiger partial charge on any atom is -0.496 e. The molecule has 0 spiro atoms. The van der Waals surface area contributed by atoms with E-state index in [0.29, 0.717) is 24.0 Å². The van der Waals surface area contributed by atoms with Crippen LogP contribution in [0.2, 0.25) is 0 Å². The number of methoxy groups -OCH3 is 1. The van der Waals surface area contributed by atoms with Crippen molar-refractivity contribution in [2.24, 2.45) is 5.92 Å². The van der Waals surface area contributed by atoms with Gasteiger partial charge >= 0.3 is 6.09 Å². The largest absolute Gasteiger partial charge is 0.496 e. The van der Waals surface area contributed by atoms with E-state index in [1.807, 2.05) is 11.4 Å². The summed E-state index contributed by atoms with van der Waals surface area (Å²) in [6, 6.07) is 6.34. The normalized spacial score (nSPS) is 19.6. The molecule has 1 saturated carbocycles. The lowest BCUT2D eigenvalue weighted by atomic mass is 9.83. The highest BCUT2D eigenvalue weighted by molar-refractivity contribution is 7.14. The first-order valence-electron chi connectivity index (χ1n) is 10.5. The van der Waals surface area contributed by atoms with Gasteiger partial charge in [0.05, 0.1) is 18.7 Å². The molecule has 2 aliphatic rings. The zero-order valence-electron chi connectivity index (χ0n) is 17.1. The van der Waals surface area contributed by atoms with Crippen molar-refractivity contribution in [3.63, 3.8) is 0 Å². The molecule has 0 radical (unpaired) electrons. The number of rotatable bonds is 5. The highest BCUT2D eigenvalue weighted by Gasteiger charge is 2.31. The van der Waals surface area contributed by atoms with Gasteiger partial charge in [-0.05, 0) is 42.9 Å². The van der Waals surface area contributed by atoms with Crippen LogP contribution in [0.15, 0.2) is 23.6 Å². The van der Waals surface area contributed by atoms with Crippen LogP contribution < -0.4 is 10.1 Å². The highest BCUT2D eigenvalue weighted by Crippen LogP contribution is 2.38. The van der Waals surface area contributed by atoms with E-state index in [4.69, 9.17) is 9.84 Å². The van der Waals surface area contributed by atoms with Crippen LogP contribution in [-0.2, 0) is 4.79 Å². The van der Waals surface area contributed by atoms with Crippen molar-refractivity contribution in [3.8, 4) is 17.0 Å². The molecular weight excluding hydrogens is 402 g/mol. The van der Waals surface area contributed by atoms with E-state index in [0.717, 1.165) is 17.0 Å². The minimum atomic E-state index is -0.980. The molecule has 1 aromatic heterocycles. The van der Waals surface area contributed by atoms with E-state index in [1.54, 1.807) is 7.11 Å². The van der Waals surface area contributed by atoms with Crippen LogP contribution in [0.3, 0.4) is 0 Å². The summed E-state index contributed by atoms with van der Waals surface area (Å²) in [6.45, 7) is 0.623. The van der Waals surface area contributed by atoms with Crippen molar-refractivity contribution in [1.82, 2.24) is 9.88 Å². The number of likely N-dealkylation sites (tertiary alicyclic amines) is 1. The minimum absolute atomic E-state index is 0.178. The number of ether oxygens (including phenoxy) is 1. The Labute approximate surface area is 180 Å². The molecule has 1 aliphatic carbocycles. The molecule has 2 amide bonds. The number of nitrogens with zero attached hydrogens (tertiary/aromatic N) is 2. The third-order valence-corrected chi connectivity index (χ3v) is 6.90. The number of anilines is 1. The van der Waals surface area contributed by atoms with E-state index >= 15 is 0 Å². The second-order valence-corrected chi connectivity index (χ2v) is 8.89. The van der Waals surface area contributed by atoms with Crippen molar-refractivity contribution >= 4 is 28.5 Å². The molecule has 160 valence electrons. The van der Waals surface area contributed by atoms with Crippen LogP contribution >= 0.6 is 11.3 Å². The van der Waals surface area contributed by atoms with Crippen molar-refractivity contribution in [3.05, 3.63) is 29.1 Å². The molecule has 1 atom stereocenters. The summed E-state index contributed by atoms with van der Waals surface area (Å²) in [5, 5.41) is 14.4. The topological polar surface area (TPSA) is 91.8 Å². The van der Waals surface area contributed by atoms with Crippen LogP contribution in [0, 0.1) is 5.92 Å². The quantitative estimate of drug-likeness (QED) is 0.712. The van der Waals surface area contributed by atoms with Crippen molar-refractivity contribution in [1.29, 1.82) is 0 Å². The molecule has 2 aromatic rings. The SMILES string of the molecule is COc1ccc(C2CCCCC2)cc1-c1csc(NC(=O)[C@@H]2CCN(C(=O)O)C2)n1. The maximum absolute atomic E-state index is 12.5. The molecule has 30 heavy (non-hydrogen) atoms. The fourth-order valence-electron chi connectivity index (χ4n) is 4.43. The van der Waals surface area contributed by atoms with Gasteiger partial charge in [-0.1, -0.05) is 25.3 Å². The number of nitrogens with one attached hydrogen (secondary N) is 1. The van der Waals surface area contributed by atoms with Gasteiger partial charge < -0.3 is 20.1 Å². The van der Waals surface area contributed by atoms with Gasteiger partial charge in [0, 0.05) is 24.0 Å². The van der Waals surface area contributed by atoms with E-state index in [9.17, 15) is 9.59 Å². The maximum atomic E-state index is 12.5. The fourth-order valence-corrected chi connectivity index (χ4v) is 5.14. The molecule has 2 N–H and O–H groups in total. The van der Waals surface area contributed by atoms with Gasteiger partial charge in [0.1, 0.15) is 5.75 Å². The lowest BCUT2D eigenvalue weighted by Crippen LogP contribution is -2.30. The third kappa shape index (κ3) is 4.43. The summed E-state index contributed by atoms with van der Waals surface area (Å²) in [5.74, 6) is 0.839. The third-order valence-electron chi connectivity index (χ3n) is 6.14. The highest BCUT2D eigenvalue weighted by atomic mass is 32.1. The summed E-state index contributed by atoms with van der Waals surface area (Å²) in [5.41, 5.74) is 3.04. The first-order valence-corrected chi connectivity index (χ1v) is 11.4. The number of carboxylic acid groups (broad SMARTS) is 1. The van der Waals surface area contributed by atoms with Gasteiger partial charge in [-0.2, -0.15) is 0 Å². The molecule has 1 aromatic carbocycles. The average Bonchev–Trinajstić information content (AvgIpc) is 3.44.